The maximum Gasteiger partial charge on any atom is 0.162 e. The van der Waals surface area contributed by atoms with E-state index in [2.05, 4.69) is 10.7 Å². The second-order valence-electron chi connectivity index (χ2n) is 5.23. The number of hydrogen-bond donors (Lipinski definition) is 2. The number of fused-ring (bicyclic) bond motifs is 1. The highest BCUT2D eigenvalue weighted by atomic mass is 32.2. The first-order valence-corrected chi connectivity index (χ1v) is 10.4. The number of aromatic nitrogens is 1. The highest BCUT2D eigenvalue weighted by Crippen LogP contribution is 2.40. The molecule has 2 aromatic rings. The Balaban J connectivity index is 0.00000109. The maximum absolute atomic E-state index is 11.6. The number of nitrogens with zero attached hydrogens (tertiary/aromatic N) is 2. The first-order valence-electron chi connectivity index (χ1n) is 7.79. The average Bonchev–Trinajstić information content (AvgIpc) is 2.93. The fourth-order valence-electron chi connectivity index (χ4n) is 2.55. The number of hydrogen-bond acceptors (Lipinski definition) is 9. The van der Waals surface area contributed by atoms with Crippen molar-refractivity contribution < 1.29 is 17.9 Å². The van der Waals surface area contributed by atoms with E-state index in [0.717, 1.165) is 0 Å². The summed E-state index contributed by atoms with van der Waals surface area (Å²) < 4.78 is 28.8. The topological polar surface area (TPSA) is 129 Å². The molecule has 0 atom stereocenters. The van der Waals surface area contributed by atoms with Crippen LogP contribution < -0.4 is 21.1 Å². The van der Waals surface area contributed by atoms with Crippen LogP contribution in [0.1, 0.15) is 16.6 Å². The number of pyridine rings is 1. The molecule has 10 heteroatoms. The average molecular weight is 386 g/mol. The lowest BCUT2D eigenvalue weighted by Gasteiger charge is -2.28. The van der Waals surface area contributed by atoms with E-state index in [1.165, 1.54) is 18.4 Å². The third-order valence-electron chi connectivity index (χ3n) is 3.75. The van der Waals surface area contributed by atoms with Crippen LogP contribution in [0.25, 0.3) is 10.2 Å². The summed E-state index contributed by atoms with van der Waals surface area (Å²) in [6.07, 6.45) is 0.713. The highest BCUT2D eigenvalue weighted by molar-refractivity contribution is 7.91. The number of aldehydes is 1. The summed E-state index contributed by atoms with van der Waals surface area (Å²) in [6, 6.07) is 1.77. The molecule has 4 N–H and O–H groups in total. The second-order valence-corrected chi connectivity index (χ2v) is 8.56. The summed E-state index contributed by atoms with van der Waals surface area (Å²) in [4.78, 5) is 18.6. The number of rotatable bonds is 4. The van der Waals surface area contributed by atoms with Gasteiger partial charge in [-0.15, -0.1) is 11.3 Å². The Hall–Kier alpha value is -1.91. The van der Waals surface area contributed by atoms with Gasteiger partial charge >= 0.3 is 0 Å². The molecule has 1 saturated heterocycles. The Bertz CT molecular complexity index is 850. The zero-order valence-electron chi connectivity index (χ0n) is 14.2. The van der Waals surface area contributed by atoms with E-state index in [1.807, 2.05) is 11.8 Å². The van der Waals surface area contributed by atoms with E-state index in [0.29, 0.717) is 58.3 Å². The summed E-state index contributed by atoms with van der Waals surface area (Å²) >= 11 is 1.21. The van der Waals surface area contributed by atoms with Gasteiger partial charge in [-0.25, -0.2) is 13.4 Å². The van der Waals surface area contributed by atoms with E-state index in [9.17, 15) is 13.2 Å². The van der Waals surface area contributed by atoms with Gasteiger partial charge in [-0.1, -0.05) is 0 Å². The molecule has 0 amide bonds. The molecule has 0 unspecified atom stereocenters. The standard InChI is InChI=1S/C14H17N3O4S2.CH5N/c1-2-21-9-7-11(17-3-5-23(19,20)6-4-17)16-14-12(9)13(15)10(8-18)22-14;1-2/h7-8H,2-6,15H2,1H3;2H2,1H3. The normalized spacial score (nSPS) is 16.2. The summed E-state index contributed by atoms with van der Waals surface area (Å²) in [5.41, 5.74) is 10.9. The molecule has 0 saturated carbocycles. The number of carbonyl (C=O) groups is 1. The number of nitrogen functional groups attached to an aromatic ring is 1. The van der Waals surface area contributed by atoms with E-state index >= 15 is 0 Å². The summed E-state index contributed by atoms with van der Waals surface area (Å²) in [7, 11) is -1.46. The number of sulfone groups is 1. The van der Waals surface area contributed by atoms with Crippen molar-refractivity contribution in [3.63, 3.8) is 0 Å². The number of carbonyl (C=O) groups excluding carboxylic acids is 1. The smallest absolute Gasteiger partial charge is 0.162 e. The van der Waals surface area contributed by atoms with Gasteiger partial charge in [-0.2, -0.15) is 0 Å². The van der Waals surface area contributed by atoms with Crippen molar-refractivity contribution in [2.75, 3.05) is 48.9 Å². The Morgan fingerprint density at radius 2 is 2.00 bits per heavy atom. The van der Waals surface area contributed by atoms with Crippen LogP contribution in [0.5, 0.6) is 5.75 Å². The van der Waals surface area contributed by atoms with Crippen molar-refractivity contribution in [3.05, 3.63) is 10.9 Å². The maximum atomic E-state index is 11.6. The van der Waals surface area contributed by atoms with Crippen molar-refractivity contribution in [2.45, 2.75) is 6.92 Å². The second kappa shape index (κ2) is 7.98. The van der Waals surface area contributed by atoms with E-state index < -0.39 is 9.84 Å². The molecular formula is C15H22N4O4S2. The van der Waals surface area contributed by atoms with Crippen molar-refractivity contribution >= 4 is 49.2 Å². The van der Waals surface area contributed by atoms with Crippen LogP contribution >= 0.6 is 11.3 Å². The minimum atomic E-state index is -2.96. The van der Waals surface area contributed by atoms with Gasteiger partial charge in [0, 0.05) is 19.2 Å². The third-order valence-corrected chi connectivity index (χ3v) is 6.39. The van der Waals surface area contributed by atoms with Gasteiger partial charge in [0.05, 0.1) is 34.1 Å². The van der Waals surface area contributed by atoms with Crippen LogP contribution in [0.2, 0.25) is 0 Å². The molecule has 0 aromatic carbocycles. The van der Waals surface area contributed by atoms with E-state index in [1.54, 1.807) is 6.07 Å². The van der Waals surface area contributed by atoms with Gasteiger partial charge in [0.25, 0.3) is 0 Å². The Kier molecular flexibility index (Phi) is 6.20. The SMILES string of the molecule is CCOc1cc(N2CCS(=O)(=O)CC2)nc2sc(C=O)c(N)c12.CN. The quantitative estimate of drug-likeness (QED) is 0.742. The molecule has 25 heavy (non-hydrogen) atoms. The van der Waals surface area contributed by atoms with Gasteiger partial charge in [0.15, 0.2) is 16.1 Å². The summed E-state index contributed by atoms with van der Waals surface area (Å²) in [5, 5.41) is 0.646. The van der Waals surface area contributed by atoms with Crippen molar-refractivity contribution in [3.8, 4) is 5.75 Å². The first-order chi connectivity index (χ1) is 11.9. The third kappa shape index (κ3) is 4.02. The Labute approximate surface area is 150 Å². The van der Waals surface area contributed by atoms with Crippen molar-refractivity contribution in [2.24, 2.45) is 5.73 Å². The molecule has 2 aromatic heterocycles. The van der Waals surface area contributed by atoms with E-state index in [-0.39, 0.29) is 11.5 Å². The molecular weight excluding hydrogens is 364 g/mol. The molecule has 0 spiro atoms. The van der Waals surface area contributed by atoms with Crippen molar-refractivity contribution in [1.82, 2.24) is 4.98 Å². The van der Waals surface area contributed by atoms with Crippen LogP contribution in [0.4, 0.5) is 11.5 Å². The predicted octanol–water partition coefficient (Wildman–Crippen LogP) is 0.899. The van der Waals surface area contributed by atoms with Gasteiger partial charge in [-0.3, -0.25) is 4.79 Å². The van der Waals surface area contributed by atoms with Gasteiger partial charge in [-0.05, 0) is 14.0 Å². The fourth-order valence-corrected chi connectivity index (χ4v) is 4.67. The van der Waals surface area contributed by atoms with Gasteiger partial charge in [0.1, 0.15) is 16.4 Å². The highest BCUT2D eigenvalue weighted by Gasteiger charge is 2.24. The van der Waals surface area contributed by atoms with Gasteiger partial charge < -0.3 is 21.1 Å². The molecule has 0 aliphatic carbocycles. The molecule has 138 valence electrons. The molecule has 8 nitrogen and oxygen atoms in total. The summed E-state index contributed by atoms with van der Waals surface area (Å²) in [5.74, 6) is 1.45. The van der Waals surface area contributed by atoms with Gasteiger partial charge in [0.2, 0.25) is 0 Å². The predicted molar refractivity (Wildman–Crippen MR) is 102 cm³/mol. The Morgan fingerprint density at radius 3 is 2.56 bits per heavy atom. The lowest BCUT2D eigenvalue weighted by molar-refractivity contribution is 0.112. The van der Waals surface area contributed by atoms with E-state index in [4.69, 9.17) is 10.5 Å². The molecule has 1 fully saturated rings. The number of nitrogens with two attached hydrogens (primary N) is 2. The molecule has 0 radical (unpaired) electrons. The minimum absolute atomic E-state index is 0.114. The minimum Gasteiger partial charge on any atom is -0.493 e. The number of thiophene rings is 1. The zero-order valence-corrected chi connectivity index (χ0v) is 15.8. The number of anilines is 2. The molecule has 1 aliphatic heterocycles. The lowest BCUT2D eigenvalue weighted by atomic mass is 10.2. The monoisotopic (exact) mass is 386 g/mol. The first kappa shape index (κ1) is 19.4. The molecule has 3 rings (SSSR count). The van der Waals surface area contributed by atoms with Crippen LogP contribution in [0, 0.1) is 0 Å². The zero-order chi connectivity index (χ0) is 18.6. The molecule has 1 aliphatic rings. The molecule has 0 bridgehead atoms. The fraction of sp³-hybridized carbons (Fsp3) is 0.467. The largest absolute Gasteiger partial charge is 0.493 e. The number of ether oxygens (including phenoxy) is 1. The molecule has 3 heterocycles. The Morgan fingerprint density at radius 1 is 1.36 bits per heavy atom. The van der Waals surface area contributed by atoms with Crippen LogP contribution in [-0.2, 0) is 9.84 Å². The lowest BCUT2D eigenvalue weighted by Crippen LogP contribution is -2.40. The van der Waals surface area contributed by atoms with Crippen molar-refractivity contribution in [1.29, 1.82) is 0 Å². The van der Waals surface area contributed by atoms with Crippen LogP contribution in [-0.4, -0.2) is 57.9 Å². The van der Waals surface area contributed by atoms with Crippen LogP contribution in [0.15, 0.2) is 6.07 Å². The summed E-state index contributed by atoms with van der Waals surface area (Å²) in [6.45, 7) is 3.11. The van der Waals surface area contributed by atoms with Crippen LogP contribution in [0.3, 0.4) is 0 Å².